The highest BCUT2D eigenvalue weighted by Crippen LogP contribution is 2.35. The SMILES string of the molecule is CCn1c(SCC(=O)c2cc(C)n(-c3ccc4c(c3)OCO4)c2C)nc2ccccc2c1=O. The lowest BCUT2D eigenvalue weighted by Crippen LogP contribution is -2.22. The van der Waals surface area contributed by atoms with Gasteiger partial charge in [-0.1, -0.05) is 23.9 Å². The number of aryl methyl sites for hydroxylation is 1. The van der Waals surface area contributed by atoms with Crippen LogP contribution in [0.1, 0.15) is 28.7 Å². The van der Waals surface area contributed by atoms with Gasteiger partial charge in [-0.2, -0.15) is 0 Å². The number of para-hydroxylation sites is 1. The Kier molecular flexibility index (Phi) is 5.46. The topological polar surface area (TPSA) is 75.3 Å². The van der Waals surface area contributed by atoms with Crippen molar-refractivity contribution in [2.24, 2.45) is 0 Å². The molecule has 0 fully saturated rings. The first-order valence-corrected chi connectivity index (χ1v) is 11.7. The summed E-state index contributed by atoms with van der Waals surface area (Å²) in [6.45, 7) is 6.52. The maximum Gasteiger partial charge on any atom is 0.262 e. The van der Waals surface area contributed by atoms with E-state index in [1.54, 1.807) is 10.6 Å². The Labute approximate surface area is 195 Å². The summed E-state index contributed by atoms with van der Waals surface area (Å²) < 4.78 is 14.6. The Hall–Kier alpha value is -3.52. The normalized spacial score (nSPS) is 12.5. The average Bonchev–Trinajstić information content (AvgIpc) is 3.40. The summed E-state index contributed by atoms with van der Waals surface area (Å²) in [5.74, 6) is 1.60. The van der Waals surface area contributed by atoms with Gasteiger partial charge in [-0.3, -0.25) is 14.2 Å². The summed E-state index contributed by atoms with van der Waals surface area (Å²) in [6.07, 6.45) is 0. The van der Waals surface area contributed by atoms with Crippen molar-refractivity contribution in [1.29, 1.82) is 0 Å². The molecule has 0 amide bonds. The van der Waals surface area contributed by atoms with Crippen LogP contribution in [0.15, 0.2) is 58.5 Å². The first kappa shape index (κ1) is 21.3. The van der Waals surface area contributed by atoms with Crippen molar-refractivity contribution in [3.05, 3.63) is 75.8 Å². The molecule has 0 aliphatic carbocycles. The van der Waals surface area contributed by atoms with Crippen LogP contribution in [0, 0.1) is 13.8 Å². The molecule has 1 aliphatic rings. The number of aromatic nitrogens is 3. The number of rotatable bonds is 6. The second kappa shape index (κ2) is 8.44. The fourth-order valence-corrected chi connectivity index (χ4v) is 5.16. The zero-order valence-corrected chi connectivity index (χ0v) is 19.4. The van der Waals surface area contributed by atoms with E-state index in [4.69, 9.17) is 9.47 Å². The van der Waals surface area contributed by atoms with Crippen LogP contribution in [0.2, 0.25) is 0 Å². The van der Waals surface area contributed by atoms with Crippen LogP contribution >= 0.6 is 11.8 Å². The summed E-state index contributed by atoms with van der Waals surface area (Å²) in [5, 5.41) is 1.14. The molecule has 168 valence electrons. The molecule has 0 atom stereocenters. The highest BCUT2D eigenvalue weighted by atomic mass is 32.2. The molecular weight excluding hydrogens is 438 g/mol. The van der Waals surface area contributed by atoms with Gasteiger partial charge >= 0.3 is 0 Å². The molecule has 0 bridgehead atoms. The van der Waals surface area contributed by atoms with Gasteiger partial charge in [0.2, 0.25) is 6.79 Å². The van der Waals surface area contributed by atoms with Gasteiger partial charge in [0, 0.05) is 35.2 Å². The molecule has 0 saturated heterocycles. The lowest BCUT2D eigenvalue weighted by molar-refractivity contribution is 0.102. The number of ketones is 1. The molecule has 33 heavy (non-hydrogen) atoms. The van der Waals surface area contributed by atoms with Crippen LogP contribution in [0.3, 0.4) is 0 Å². The van der Waals surface area contributed by atoms with Gasteiger partial charge in [-0.05, 0) is 51.1 Å². The van der Waals surface area contributed by atoms with Crippen LogP contribution in [-0.4, -0.2) is 32.4 Å². The number of Topliss-reactive ketones (excluding diaryl/α,β-unsaturated/α-hetero) is 1. The molecule has 7 nitrogen and oxygen atoms in total. The quantitative estimate of drug-likeness (QED) is 0.239. The summed E-state index contributed by atoms with van der Waals surface area (Å²) >= 11 is 1.30. The second-order valence-corrected chi connectivity index (χ2v) is 8.77. The summed E-state index contributed by atoms with van der Waals surface area (Å²) in [5.41, 5.74) is 3.94. The molecule has 0 spiro atoms. The van der Waals surface area contributed by atoms with Gasteiger partial charge in [0.05, 0.1) is 16.7 Å². The van der Waals surface area contributed by atoms with Crippen molar-refractivity contribution >= 4 is 28.4 Å². The van der Waals surface area contributed by atoms with Gasteiger partial charge in [0.1, 0.15) is 0 Å². The number of thioether (sulfide) groups is 1. The number of nitrogens with zero attached hydrogens (tertiary/aromatic N) is 3. The second-order valence-electron chi connectivity index (χ2n) is 7.83. The molecule has 3 heterocycles. The maximum absolute atomic E-state index is 13.2. The minimum Gasteiger partial charge on any atom is -0.454 e. The lowest BCUT2D eigenvalue weighted by Gasteiger charge is -2.12. The fraction of sp³-hybridized carbons (Fsp3) is 0.240. The number of carbonyl (C=O) groups is 1. The first-order valence-electron chi connectivity index (χ1n) is 10.7. The van der Waals surface area contributed by atoms with Crippen molar-refractivity contribution in [3.8, 4) is 17.2 Å². The van der Waals surface area contributed by atoms with E-state index in [0.717, 1.165) is 22.8 Å². The minimum atomic E-state index is -0.0842. The van der Waals surface area contributed by atoms with E-state index < -0.39 is 0 Å². The standard InChI is InChI=1S/C25H23N3O4S/c1-4-27-24(30)18-7-5-6-8-20(18)26-25(27)33-13-21(29)19-11-15(2)28(16(19)3)17-9-10-22-23(12-17)32-14-31-22/h5-12H,4,13-14H2,1-3H3. The van der Waals surface area contributed by atoms with Crippen molar-refractivity contribution in [3.63, 3.8) is 0 Å². The van der Waals surface area contributed by atoms with Crippen LogP contribution in [0.5, 0.6) is 11.5 Å². The Bertz CT molecular complexity index is 1450. The third-order valence-corrected chi connectivity index (χ3v) is 6.80. The molecule has 0 radical (unpaired) electrons. The predicted molar refractivity (Wildman–Crippen MR) is 128 cm³/mol. The molecule has 0 N–H and O–H groups in total. The largest absolute Gasteiger partial charge is 0.454 e. The zero-order valence-electron chi connectivity index (χ0n) is 18.6. The van der Waals surface area contributed by atoms with Crippen LogP contribution in [-0.2, 0) is 6.54 Å². The van der Waals surface area contributed by atoms with Gasteiger partial charge < -0.3 is 14.0 Å². The highest BCUT2D eigenvalue weighted by molar-refractivity contribution is 7.99. The van der Waals surface area contributed by atoms with E-state index in [-0.39, 0.29) is 23.9 Å². The Morgan fingerprint density at radius 1 is 1.09 bits per heavy atom. The van der Waals surface area contributed by atoms with Crippen molar-refractivity contribution in [2.45, 2.75) is 32.5 Å². The third kappa shape index (κ3) is 3.70. The minimum absolute atomic E-state index is 0.00912. The summed E-state index contributed by atoms with van der Waals surface area (Å²) in [7, 11) is 0. The van der Waals surface area contributed by atoms with Gasteiger partial charge in [0.25, 0.3) is 5.56 Å². The molecule has 1 aliphatic heterocycles. The van der Waals surface area contributed by atoms with E-state index >= 15 is 0 Å². The maximum atomic E-state index is 13.2. The summed E-state index contributed by atoms with van der Waals surface area (Å²) in [6, 6.07) is 14.9. The van der Waals surface area contributed by atoms with E-state index in [9.17, 15) is 9.59 Å². The lowest BCUT2D eigenvalue weighted by atomic mass is 10.2. The zero-order chi connectivity index (χ0) is 23.1. The molecule has 8 heteroatoms. The van der Waals surface area contributed by atoms with E-state index in [1.807, 2.05) is 67.8 Å². The molecule has 0 unspecified atom stereocenters. The Balaban J connectivity index is 1.43. The fourth-order valence-electron chi connectivity index (χ4n) is 4.21. The molecule has 0 saturated carbocycles. The van der Waals surface area contributed by atoms with Crippen LogP contribution < -0.4 is 15.0 Å². The Morgan fingerprint density at radius 2 is 1.88 bits per heavy atom. The Morgan fingerprint density at radius 3 is 2.70 bits per heavy atom. The molecular formula is C25H23N3O4S. The van der Waals surface area contributed by atoms with Gasteiger partial charge in [-0.25, -0.2) is 4.98 Å². The van der Waals surface area contributed by atoms with E-state index in [1.165, 1.54) is 11.8 Å². The molecule has 4 aromatic rings. The molecule has 5 rings (SSSR count). The smallest absolute Gasteiger partial charge is 0.262 e. The predicted octanol–water partition coefficient (Wildman–Crippen LogP) is 4.53. The van der Waals surface area contributed by atoms with E-state index in [2.05, 4.69) is 4.98 Å². The highest BCUT2D eigenvalue weighted by Gasteiger charge is 2.20. The number of fused-ring (bicyclic) bond motifs is 2. The number of hydrogen-bond acceptors (Lipinski definition) is 6. The average molecular weight is 462 g/mol. The van der Waals surface area contributed by atoms with Gasteiger partial charge in [0.15, 0.2) is 22.4 Å². The number of hydrogen-bond donors (Lipinski definition) is 0. The first-order chi connectivity index (χ1) is 16.0. The van der Waals surface area contributed by atoms with Crippen LogP contribution in [0.4, 0.5) is 0 Å². The number of benzene rings is 2. The summed E-state index contributed by atoms with van der Waals surface area (Å²) in [4.78, 5) is 30.7. The van der Waals surface area contributed by atoms with E-state index in [0.29, 0.717) is 33.9 Å². The third-order valence-electron chi connectivity index (χ3n) is 5.82. The van der Waals surface area contributed by atoms with Crippen molar-refractivity contribution in [1.82, 2.24) is 14.1 Å². The number of ether oxygens (including phenoxy) is 2. The molecule has 2 aromatic carbocycles. The van der Waals surface area contributed by atoms with Gasteiger partial charge in [-0.15, -0.1) is 0 Å². The molecule has 2 aromatic heterocycles. The van der Waals surface area contributed by atoms with Crippen molar-refractivity contribution < 1.29 is 14.3 Å². The van der Waals surface area contributed by atoms with Crippen molar-refractivity contribution in [2.75, 3.05) is 12.5 Å². The number of carbonyl (C=O) groups excluding carboxylic acids is 1. The van der Waals surface area contributed by atoms with Crippen LogP contribution in [0.25, 0.3) is 16.6 Å². The monoisotopic (exact) mass is 461 g/mol.